The van der Waals surface area contributed by atoms with Crippen molar-refractivity contribution in [3.8, 4) is 0 Å². The maximum atomic E-state index is 11.6. The molecule has 0 rings (SSSR count). The van der Waals surface area contributed by atoms with Crippen LogP contribution in [-0.4, -0.2) is 92.4 Å². The van der Waals surface area contributed by atoms with Gasteiger partial charge >= 0.3 is 5.97 Å². The van der Waals surface area contributed by atoms with E-state index in [2.05, 4.69) is 6.92 Å². The Bertz CT molecular complexity index is 341. The topological polar surface area (TPSA) is 81.7 Å². The second-order valence-electron chi connectivity index (χ2n) is 6.79. The van der Waals surface area contributed by atoms with E-state index in [1.807, 2.05) is 0 Å². The zero-order chi connectivity index (χ0) is 22.0. The fourth-order valence-electron chi connectivity index (χ4n) is 2.46. The van der Waals surface area contributed by atoms with E-state index in [9.17, 15) is 4.79 Å². The summed E-state index contributed by atoms with van der Waals surface area (Å²) >= 11 is 0. The quantitative estimate of drug-likeness (QED) is 0.160. The summed E-state index contributed by atoms with van der Waals surface area (Å²) in [7, 11) is 1.64. The maximum absolute atomic E-state index is 11.6. The molecule has 0 aromatic heterocycles. The number of hydrogen-bond donors (Lipinski definition) is 0. The minimum Gasteiger partial charge on any atom is -0.463 e. The molecule has 180 valence electrons. The molecule has 0 radical (unpaired) electrons. The molecule has 0 amide bonds. The summed E-state index contributed by atoms with van der Waals surface area (Å²) in [5.74, 6) is -0.134. The van der Waals surface area contributed by atoms with E-state index >= 15 is 0 Å². The van der Waals surface area contributed by atoms with Gasteiger partial charge in [0.15, 0.2) is 0 Å². The molecule has 0 saturated carbocycles. The number of methoxy groups -OCH3 is 1. The van der Waals surface area contributed by atoms with E-state index in [0.717, 1.165) is 12.8 Å². The Morgan fingerprint density at radius 3 is 1.40 bits per heavy atom. The van der Waals surface area contributed by atoms with Gasteiger partial charge in [-0.2, -0.15) is 0 Å². The molecule has 0 aromatic rings. The molecule has 0 saturated heterocycles. The maximum Gasteiger partial charge on any atom is 0.305 e. The molecule has 0 aliphatic carbocycles. The lowest BCUT2D eigenvalue weighted by Crippen LogP contribution is -2.15. The van der Waals surface area contributed by atoms with Gasteiger partial charge in [0.25, 0.3) is 0 Å². The zero-order valence-electron chi connectivity index (χ0n) is 19.2. The van der Waals surface area contributed by atoms with Crippen LogP contribution in [0, 0.1) is 0 Å². The molecule has 0 unspecified atom stereocenters. The molecular weight excluding hydrogens is 392 g/mol. The normalized spacial score (nSPS) is 11.1. The van der Waals surface area contributed by atoms with Crippen molar-refractivity contribution in [2.24, 2.45) is 0 Å². The van der Waals surface area contributed by atoms with Crippen molar-refractivity contribution in [2.45, 2.75) is 51.9 Å². The number of rotatable bonds is 25. The number of esters is 1. The van der Waals surface area contributed by atoms with Gasteiger partial charge < -0.3 is 33.2 Å². The van der Waals surface area contributed by atoms with Gasteiger partial charge in [0.1, 0.15) is 6.61 Å². The lowest BCUT2D eigenvalue weighted by molar-refractivity contribution is -0.145. The highest BCUT2D eigenvalue weighted by molar-refractivity contribution is 5.69. The van der Waals surface area contributed by atoms with Crippen LogP contribution in [0.3, 0.4) is 0 Å². The number of carbonyl (C=O) groups excluding carboxylic acids is 1. The van der Waals surface area contributed by atoms with Crippen molar-refractivity contribution in [1.29, 1.82) is 0 Å². The fraction of sp³-hybridized carbons (Fsp3) is 0.955. The first-order valence-corrected chi connectivity index (χ1v) is 11.3. The molecule has 0 fully saturated rings. The van der Waals surface area contributed by atoms with E-state index in [4.69, 9.17) is 33.2 Å². The Kier molecular flexibility index (Phi) is 25.6. The highest BCUT2D eigenvalue weighted by Gasteiger charge is 2.02. The average molecular weight is 437 g/mol. The van der Waals surface area contributed by atoms with Crippen LogP contribution in [0.2, 0.25) is 0 Å². The molecule has 0 atom stereocenters. The highest BCUT2D eigenvalue weighted by atomic mass is 16.6. The van der Waals surface area contributed by atoms with E-state index in [1.165, 1.54) is 25.7 Å². The molecule has 0 bridgehead atoms. The predicted octanol–water partition coefficient (Wildman–Crippen LogP) is 3.01. The SMILES string of the molecule is CCCCCCCCC(=O)OCCOCCOCCOCCOCCOCCOC. The highest BCUT2D eigenvalue weighted by Crippen LogP contribution is 2.07. The van der Waals surface area contributed by atoms with Gasteiger partial charge in [0.2, 0.25) is 0 Å². The van der Waals surface area contributed by atoms with Crippen molar-refractivity contribution >= 4 is 5.97 Å². The number of hydrogen-bond acceptors (Lipinski definition) is 8. The minimum atomic E-state index is -0.134. The Morgan fingerprint density at radius 2 is 0.933 bits per heavy atom. The van der Waals surface area contributed by atoms with Crippen molar-refractivity contribution < 1.29 is 38.0 Å². The monoisotopic (exact) mass is 436 g/mol. The summed E-state index contributed by atoms with van der Waals surface area (Å²) in [6, 6.07) is 0. The molecule has 0 aromatic carbocycles. The van der Waals surface area contributed by atoms with Crippen molar-refractivity contribution in [1.82, 2.24) is 0 Å². The van der Waals surface area contributed by atoms with Crippen LogP contribution < -0.4 is 0 Å². The van der Waals surface area contributed by atoms with Crippen molar-refractivity contribution in [3.63, 3.8) is 0 Å². The molecule has 8 nitrogen and oxygen atoms in total. The third kappa shape index (κ3) is 25.3. The van der Waals surface area contributed by atoms with E-state index in [-0.39, 0.29) is 5.97 Å². The molecular formula is C22H44O8. The summed E-state index contributed by atoms with van der Waals surface area (Å²) in [5.41, 5.74) is 0. The summed E-state index contributed by atoms with van der Waals surface area (Å²) in [5, 5.41) is 0. The molecule has 0 N–H and O–H groups in total. The van der Waals surface area contributed by atoms with Gasteiger partial charge in [-0.25, -0.2) is 0 Å². The lowest BCUT2D eigenvalue weighted by atomic mass is 10.1. The summed E-state index contributed by atoms with van der Waals surface area (Å²) in [6.07, 6.45) is 7.49. The van der Waals surface area contributed by atoms with Gasteiger partial charge in [-0.05, 0) is 6.42 Å². The first-order chi connectivity index (χ1) is 14.8. The molecule has 0 spiro atoms. The molecule has 0 aliphatic heterocycles. The third-order valence-corrected chi connectivity index (χ3v) is 4.15. The van der Waals surface area contributed by atoms with Crippen LogP contribution in [0.1, 0.15) is 51.9 Å². The third-order valence-electron chi connectivity index (χ3n) is 4.15. The molecule has 30 heavy (non-hydrogen) atoms. The van der Waals surface area contributed by atoms with Gasteiger partial charge in [-0.15, -0.1) is 0 Å². The molecule has 8 heteroatoms. The van der Waals surface area contributed by atoms with Crippen LogP contribution in [0.4, 0.5) is 0 Å². The summed E-state index contributed by atoms with van der Waals surface area (Å²) < 4.78 is 36.8. The van der Waals surface area contributed by atoms with Gasteiger partial charge in [-0.3, -0.25) is 4.79 Å². The van der Waals surface area contributed by atoms with Crippen LogP contribution in [0.15, 0.2) is 0 Å². The second-order valence-corrected chi connectivity index (χ2v) is 6.79. The lowest BCUT2D eigenvalue weighted by Gasteiger charge is -2.08. The van der Waals surface area contributed by atoms with E-state index < -0.39 is 0 Å². The number of ether oxygens (including phenoxy) is 7. The molecule has 0 aliphatic rings. The fourth-order valence-corrected chi connectivity index (χ4v) is 2.46. The zero-order valence-corrected chi connectivity index (χ0v) is 19.2. The number of unbranched alkanes of at least 4 members (excludes halogenated alkanes) is 5. The largest absolute Gasteiger partial charge is 0.463 e. The minimum absolute atomic E-state index is 0.134. The molecule has 0 heterocycles. The van der Waals surface area contributed by atoms with Crippen molar-refractivity contribution in [3.05, 3.63) is 0 Å². The van der Waals surface area contributed by atoms with Crippen molar-refractivity contribution in [2.75, 3.05) is 86.4 Å². The van der Waals surface area contributed by atoms with Gasteiger partial charge in [0.05, 0.1) is 72.7 Å². The summed E-state index contributed by atoms with van der Waals surface area (Å²) in [4.78, 5) is 11.6. The Balaban J connectivity index is 3.10. The standard InChI is InChI=1S/C22H44O8/c1-3-4-5-6-7-8-9-22(23)30-21-20-29-19-18-28-17-16-27-15-14-26-13-12-25-11-10-24-2/h3-21H2,1-2H3. The number of carbonyl (C=O) groups is 1. The first kappa shape index (κ1) is 29.2. The average Bonchev–Trinajstić information content (AvgIpc) is 2.75. The van der Waals surface area contributed by atoms with Crippen LogP contribution in [-0.2, 0) is 38.0 Å². The van der Waals surface area contributed by atoms with Gasteiger partial charge in [-0.1, -0.05) is 39.0 Å². The first-order valence-electron chi connectivity index (χ1n) is 11.3. The second kappa shape index (κ2) is 26.3. The Labute approximate surface area is 182 Å². The summed E-state index contributed by atoms with van der Waals surface area (Å²) in [6.45, 7) is 8.25. The van der Waals surface area contributed by atoms with Gasteiger partial charge in [0, 0.05) is 13.5 Å². The van der Waals surface area contributed by atoms with Crippen LogP contribution >= 0.6 is 0 Å². The Hall–Kier alpha value is -0.770. The van der Waals surface area contributed by atoms with Crippen LogP contribution in [0.5, 0.6) is 0 Å². The smallest absolute Gasteiger partial charge is 0.305 e. The van der Waals surface area contributed by atoms with Crippen LogP contribution in [0.25, 0.3) is 0 Å². The predicted molar refractivity (Wildman–Crippen MR) is 115 cm³/mol. The Morgan fingerprint density at radius 1 is 0.533 bits per heavy atom. The van der Waals surface area contributed by atoms with E-state index in [1.54, 1.807) is 7.11 Å². The van der Waals surface area contributed by atoms with E-state index in [0.29, 0.717) is 85.7 Å².